The quantitative estimate of drug-likeness (QED) is 0.0786. The smallest absolute Gasteiger partial charge is 0.161 e. The highest BCUT2D eigenvalue weighted by Crippen LogP contribution is 2.28. The van der Waals surface area contributed by atoms with Crippen LogP contribution in [0, 0.1) is 11.6 Å². The molecule has 5 rings (SSSR count). The average molecular weight is 651 g/mol. The highest BCUT2D eigenvalue weighted by Gasteiger charge is 2.05. The number of rotatable bonds is 20. The van der Waals surface area contributed by atoms with E-state index in [1.54, 1.807) is 24.3 Å². The van der Waals surface area contributed by atoms with Crippen molar-refractivity contribution in [3.63, 3.8) is 0 Å². The molecule has 0 heterocycles. The Bertz CT molecular complexity index is 1500. The van der Waals surface area contributed by atoms with Crippen molar-refractivity contribution in [1.82, 2.24) is 0 Å². The van der Waals surface area contributed by atoms with Gasteiger partial charge in [-0.25, -0.2) is 8.78 Å². The van der Waals surface area contributed by atoms with Crippen LogP contribution in [0.3, 0.4) is 0 Å². The van der Waals surface area contributed by atoms with E-state index in [1.807, 2.05) is 72.8 Å². The molecule has 0 unspecified atom stereocenters. The molecule has 5 aromatic carbocycles. The van der Waals surface area contributed by atoms with Gasteiger partial charge in [0.1, 0.15) is 23.1 Å². The van der Waals surface area contributed by atoms with E-state index < -0.39 is 0 Å². The monoisotopic (exact) mass is 650 g/mol. The summed E-state index contributed by atoms with van der Waals surface area (Å²) >= 11 is 0. The molecule has 0 aromatic heterocycles. The van der Waals surface area contributed by atoms with E-state index in [1.165, 1.54) is 24.3 Å². The van der Waals surface area contributed by atoms with E-state index in [0.29, 0.717) is 26.4 Å². The van der Waals surface area contributed by atoms with Crippen LogP contribution in [-0.4, -0.2) is 26.4 Å². The second-order valence-corrected chi connectivity index (χ2v) is 11.7. The number of hydrogen-bond acceptors (Lipinski definition) is 4. The number of benzene rings is 5. The molecule has 0 aliphatic carbocycles. The van der Waals surface area contributed by atoms with Gasteiger partial charge in [-0.05, 0) is 134 Å². The predicted molar refractivity (Wildman–Crippen MR) is 189 cm³/mol. The maximum atomic E-state index is 13.2. The summed E-state index contributed by atoms with van der Waals surface area (Å²) in [5.41, 5.74) is 4.05. The lowest BCUT2D eigenvalue weighted by Gasteiger charge is -2.13. The Labute approximate surface area is 283 Å². The summed E-state index contributed by atoms with van der Waals surface area (Å²) < 4.78 is 50.2. The maximum Gasteiger partial charge on any atom is 0.161 e. The lowest BCUT2D eigenvalue weighted by atomic mass is 10.1. The van der Waals surface area contributed by atoms with E-state index in [0.717, 1.165) is 96.6 Å². The van der Waals surface area contributed by atoms with Crippen molar-refractivity contribution in [2.24, 2.45) is 0 Å². The zero-order valence-electron chi connectivity index (χ0n) is 27.4. The molecule has 0 aliphatic rings. The largest absolute Gasteiger partial charge is 0.494 e. The molecule has 48 heavy (non-hydrogen) atoms. The molecule has 4 nitrogen and oxygen atoms in total. The van der Waals surface area contributed by atoms with E-state index in [2.05, 4.69) is 0 Å². The summed E-state index contributed by atoms with van der Waals surface area (Å²) in [5.74, 6) is 2.82. The van der Waals surface area contributed by atoms with Gasteiger partial charge in [0.25, 0.3) is 0 Å². The molecule has 0 radical (unpaired) electrons. The Morgan fingerprint density at radius 3 is 0.938 bits per heavy atom. The Kier molecular flexibility index (Phi) is 13.7. The first-order valence-electron chi connectivity index (χ1n) is 17.0. The minimum Gasteiger partial charge on any atom is -0.494 e. The van der Waals surface area contributed by atoms with Gasteiger partial charge in [-0.1, -0.05) is 60.7 Å². The molecule has 0 fully saturated rings. The Balaban J connectivity index is 0.874. The van der Waals surface area contributed by atoms with Crippen LogP contribution in [0.2, 0.25) is 0 Å². The van der Waals surface area contributed by atoms with Crippen molar-refractivity contribution >= 4 is 0 Å². The van der Waals surface area contributed by atoms with Gasteiger partial charge >= 0.3 is 0 Å². The molecule has 6 heteroatoms. The predicted octanol–water partition coefficient (Wildman–Crippen LogP) is 11.3. The standard InChI is InChI=1S/C42H44F2O4/c43-37-21-13-33(14-22-37)35-17-25-39(26-18-35)45-29-7-1-3-9-31-47-41-11-5-6-12-42(41)48-32-10-4-2-8-30-46-40-27-19-36(20-28-40)34-15-23-38(44)24-16-34/h5-6,11-28H,1-4,7-10,29-32H2. The Morgan fingerprint density at radius 2 is 0.604 bits per heavy atom. The van der Waals surface area contributed by atoms with E-state index in [4.69, 9.17) is 18.9 Å². The van der Waals surface area contributed by atoms with Crippen LogP contribution in [0.4, 0.5) is 8.78 Å². The molecule has 5 aromatic rings. The second-order valence-electron chi connectivity index (χ2n) is 11.7. The van der Waals surface area contributed by atoms with Gasteiger partial charge in [-0.2, -0.15) is 0 Å². The number of halogens is 2. The summed E-state index contributed by atoms with van der Waals surface area (Å²) in [4.78, 5) is 0. The summed E-state index contributed by atoms with van der Waals surface area (Å²) in [7, 11) is 0. The van der Waals surface area contributed by atoms with Crippen LogP contribution in [0.5, 0.6) is 23.0 Å². The van der Waals surface area contributed by atoms with E-state index in [-0.39, 0.29) is 11.6 Å². The molecule has 0 spiro atoms. The van der Waals surface area contributed by atoms with Gasteiger partial charge in [-0.15, -0.1) is 0 Å². The van der Waals surface area contributed by atoms with Crippen LogP contribution >= 0.6 is 0 Å². The third-order valence-corrected chi connectivity index (χ3v) is 8.04. The molecule has 0 saturated heterocycles. The zero-order chi connectivity index (χ0) is 33.2. The number of para-hydroxylation sites is 2. The number of hydrogen-bond donors (Lipinski definition) is 0. The van der Waals surface area contributed by atoms with Gasteiger partial charge in [0.15, 0.2) is 11.5 Å². The third-order valence-electron chi connectivity index (χ3n) is 8.04. The summed E-state index contributed by atoms with van der Waals surface area (Å²) in [6, 6.07) is 36.7. The molecule has 0 aliphatic heterocycles. The molecule has 0 N–H and O–H groups in total. The molecule has 0 amide bonds. The van der Waals surface area contributed by atoms with Crippen molar-refractivity contribution in [3.8, 4) is 45.3 Å². The first kappa shape index (κ1) is 34.5. The van der Waals surface area contributed by atoms with Crippen LogP contribution in [0.15, 0.2) is 121 Å². The zero-order valence-corrected chi connectivity index (χ0v) is 27.4. The fourth-order valence-electron chi connectivity index (χ4n) is 5.32. The highest BCUT2D eigenvalue weighted by atomic mass is 19.1. The van der Waals surface area contributed by atoms with Gasteiger partial charge in [-0.3, -0.25) is 0 Å². The van der Waals surface area contributed by atoms with Crippen molar-refractivity contribution < 1.29 is 27.7 Å². The van der Waals surface area contributed by atoms with Gasteiger partial charge in [0.2, 0.25) is 0 Å². The fourth-order valence-corrected chi connectivity index (χ4v) is 5.32. The molecule has 0 saturated carbocycles. The van der Waals surface area contributed by atoms with Gasteiger partial charge in [0.05, 0.1) is 26.4 Å². The van der Waals surface area contributed by atoms with Gasteiger partial charge in [0, 0.05) is 0 Å². The van der Waals surface area contributed by atoms with E-state index >= 15 is 0 Å². The highest BCUT2D eigenvalue weighted by molar-refractivity contribution is 5.64. The first-order valence-corrected chi connectivity index (χ1v) is 17.0. The normalized spacial score (nSPS) is 10.9. The van der Waals surface area contributed by atoms with Crippen LogP contribution in [-0.2, 0) is 0 Å². The van der Waals surface area contributed by atoms with Crippen molar-refractivity contribution in [1.29, 1.82) is 0 Å². The minimum absolute atomic E-state index is 0.230. The van der Waals surface area contributed by atoms with Crippen molar-refractivity contribution in [3.05, 3.63) is 133 Å². The van der Waals surface area contributed by atoms with Crippen LogP contribution in [0.1, 0.15) is 51.4 Å². The minimum atomic E-state index is -0.230. The van der Waals surface area contributed by atoms with E-state index in [9.17, 15) is 8.78 Å². The average Bonchev–Trinajstić information content (AvgIpc) is 3.12. The Hall–Kier alpha value is -4.84. The lowest BCUT2D eigenvalue weighted by Crippen LogP contribution is -2.03. The molecular weight excluding hydrogens is 606 g/mol. The SMILES string of the molecule is Fc1ccc(-c2ccc(OCCCCCCOc3ccccc3OCCCCCCOc3ccc(-c4ccc(F)cc4)cc3)cc2)cc1. The first-order chi connectivity index (χ1) is 23.6. The molecule has 0 bridgehead atoms. The van der Waals surface area contributed by atoms with Gasteiger partial charge < -0.3 is 18.9 Å². The van der Waals surface area contributed by atoms with Crippen LogP contribution in [0.25, 0.3) is 22.3 Å². The summed E-state index contributed by atoms with van der Waals surface area (Å²) in [6.45, 7) is 2.66. The van der Waals surface area contributed by atoms with Crippen LogP contribution < -0.4 is 18.9 Å². The Morgan fingerprint density at radius 1 is 0.312 bits per heavy atom. The molecule has 250 valence electrons. The van der Waals surface area contributed by atoms with Crippen molar-refractivity contribution in [2.45, 2.75) is 51.4 Å². The third kappa shape index (κ3) is 11.4. The molecule has 0 atom stereocenters. The van der Waals surface area contributed by atoms with Crippen molar-refractivity contribution in [2.75, 3.05) is 26.4 Å². The number of unbranched alkanes of at least 4 members (excludes halogenated alkanes) is 6. The lowest BCUT2D eigenvalue weighted by molar-refractivity contribution is 0.254. The summed E-state index contributed by atoms with van der Waals surface area (Å²) in [6.07, 6.45) is 8.20. The fraction of sp³-hybridized carbons (Fsp3) is 0.286. The maximum absolute atomic E-state index is 13.2. The number of ether oxygens (including phenoxy) is 4. The summed E-state index contributed by atoms with van der Waals surface area (Å²) in [5, 5.41) is 0. The molecular formula is C42H44F2O4. The topological polar surface area (TPSA) is 36.9 Å². The second kappa shape index (κ2) is 19.1.